The van der Waals surface area contributed by atoms with Gasteiger partial charge in [-0.15, -0.1) is 5.10 Å². The fourth-order valence-electron chi connectivity index (χ4n) is 2.37. The summed E-state index contributed by atoms with van der Waals surface area (Å²) in [4.78, 5) is 15.7. The molecule has 0 aliphatic carbocycles. The average Bonchev–Trinajstić information content (AvgIpc) is 2.80. The van der Waals surface area contributed by atoms with Crippen molar-refractivity contribution in [2.24, 2.45) is 0 Å². The van der Waals surface area contributed by atoms with Crippen LogP contribution in [0.15, 0.2) is 36.5 Å². The molecular formula is C16H16N4O. The van der Waals surface area contributed by atoms with Gasteiger partial charge in [-0.2, -0.15) is 0 Å². The van der Waals surface area contributed by atoms with E-state index in [1.165, 1.54) is 18.1 Å². The molecule has 0 bridgehead atoms. The first kappa shape index (κ1) is 13.3. The number of hydrogen-bond acceptors (Lipinski definition) is 4. The Kier molecular flexibility index (Phi) is 3.17. The number of ketones is 1. The number of nitrogens with one attached hydrogen (secondary N) is 1. The Morgan fingerprint density at radius 2 is 1.86 bits per heavy atom. The van der Waals surface area contributed by atoms with Gasteiger partial charge in [-0.1, -0.05) is 6.07 Å². The average molecular weight is 280 g/mol. The van der Waals surface area contributed by atoms with Crippen LogP contribution in [0.25, 0.3) is 5.65 Å². The number of hydrogen-bond donors (Lipinski definition) is 1. The minimum absolute atomic E-state index is 0.0569. The van der Waals surface area contributed by atoms with Crippen molar-refractivity contribution in [3.05, 3.63) is 53.3 Å². The summed E-state index contributed by atoms with van der Waals surface area (Å²) in [5.74, 6) is 0.617. The summed E-state index contributed by atoms with van der Waals surface area (Å²) in [6, 6.07) is 9.91. The lowest BCUT2D eigenvalue weighted by Gasteiger charge is -2.08. The lowest BCUT2D eigenvalue weighted by atomic mass is 10.1. The molecule has 5 heteroatoms. The van der Waals surface area contributed by atoms with E-state index in [9.17, 15) is 4.79 Å². The Bertz CT molecular complexity index is 815. The van der Waals surface area contributed by atoms with Crippen molar-refractivity contribution in [2.45, 2.75) is 20.8 Å². The molecule has 0 amide bonds. The van der Waals surface area contributed by atoms with E-state index in [1.54, 1.807) is 10.7 Å². The second-order valence-electron chi connectivity index (χ2n) is 5.19. The van der Waals surface area contributed by atoms with Crippen LogP contribution in [-0.2, 0) is 0 Å². The van der Waals surface area contributed by atoms with Gasteiger partial charge >= 0.3 is 0 Å². The summed E-state index contributed by atoms with van der Waals surface area (Å²) in [5, 5.41) is 7.70. The van der Waals surface area contributed by atoms with Gasteiger partial charge < -0.3 is 5.32 Å². The van der Waals surface area contributed by atoms with Gasteiger partial charge in [-0.05, 0) is 49.2 Å². The number of imidazole rings is 1. The number of aromatic nitrogens is 3. The topological polar surface area (TPSA) is 59.3 Å². The summed E-state index contributed by atoms with van der Waals surface area (Å²) >= 11 is 0. The number of aryl methyl sites for hydroxylation is 2. The maximum absolute atomic E-state index is 11.6. The van der Waals surface area contributed by atoms with E-state index in [0.717, 1.165) is 5.69 Å². The number of rotatable bonds is 3. The van der Waals surface area contributed by atoms with Crippen LogP contribution in [0, 0.1) is 13.8 Å². The summed E-state index contributed by atoms with van der Waals surface area (Å²) in [5.41, 5.74) is 4.49. The van der Waals surface area contributed by atoms with Gasteiger partial charge in [0.15, 0.2) is 17.2 Å². The predicted octanol–water partition coefficient (Wildman–Crippen LogP) is 3.29. The molecule has 21 heavy (non-hydrogen) atoms. The largest absolute Gasteiger partial charge is 0.339 e. The van der Waals surface area contributed by atoms with Crippen LogP contribution < -0.4 is 5.32 Å². The van der Waals surface area contributed by atoms with Crippen molar-refractivity contribution >= 4 is 22.9 Å². The zero-order chi connectivity index (χ0) is 15.0. The molecule has 0 radical (unpaired) electrons. The first-order valence-corrected chi connectivity index (χ1v) is 6.74. The van der Waals surface area contributed by atoms with Gasteiger partial charge in [-0.25, -0.2) is 9.50 Å². The number of benzene rings is 1. The van der Waals surface area contributed by atoms with E-state index >= 15 is 0 Å². The maximum Gasteiger partial charge on any atom is 0.179 e. The van der Waals surface area contributed by atoms with Gasteiger partial charge in [0.05, 0.1) is 6.20 Å². The molecule has 0 aliphatic rings. The first-order chi connectivity index (χ1) is 10.0. The van der Waals surface area contributed by atoms with E-state index in [1.807, 2.05) is 12.1 Å². The van der Waals surface area contributed by atoms with Crippen molar-refractivity contribution < 1.29 is 4.79 Å². The molecule has 0 atom stereocenters. The molecule has 2 aromatic heterocycles. The number of carbonyl (C=O) groups is 1. The Labute approximate surface area is 122 Å². The van der Waals surface area contributed by atoms with Gasteiger partial charge in [0.25, 0.3) is 0 Å². The van der Waals surface area contributed by atoms with Crippen molar-refractivity contribution in [2.75, 3.05) is 5.32 Å². The van der Waals surface area contributed by atoms with Crippen LogP contribution in [0.1, 0.15) is 28.5 Å². The summed E-state index contributed by atoms with van der Waals surface area (Å²) in [6.45, 7) is 5.62. The standard InChI is InChI=1S/C16H16N4O/c1-10-6-11(2)8-13(7-10)18-15-4-5-16-17-9-14(12(3)21)20(16)19-15/h4-9H,1-3H3,(H,18,19). The molecule has 3 rings (SSSR count). The molecule has 3 aromatic rings. The fourth-order valence-corrected chi connectivity index (χ4v) is 2.37. The molecule has 1 aromatic carbocycles. The molecule has 106 valence electrons. The molecule has 1 N–H and O–H groups in total. The molecule has 0 unspecified atom stereocenters. The van der Waals surface area contributed by atoms with E-state index in [2.05, 4.69) is 47.4 Å². The highest BCUT2D eigenvalue weighted by Gasteiger charge is 2.09. The number of carbonyl (C=O) groups excluding carboxylic acids is 1. The molecular weight excluding hydrogens is 264 g/mol. The van der Waals surface area contributed by atoms with Crippen LogP contribution in [0.2, 0.25) is 0 Å². The lowest BCUT2D eigenvalue weighted by molar-refractivity contribution is 0.101. The third-order valence-electron chi connectivity index (χ3n) is 3.22. The monoisotopic (exact) mass is 280 g/mol. The van der Waals surface area contributed by atoms with Crippen molar-refractivity contribution in [1.82, 2.24) is 14.6 Å². The summed E-state index contributed by atoms with van der Waals surface area (Å²) < 4.78 is 1.56. The zero-order valence-electron chi connectivity index (χ0n) is 12.2. The second kappa shape index (κ2) is 5.01. The van der Waals surface area contributed by atoms with Crippen LogP contribution >= 0.6 is 0 Å². The Balaban J connectivity index is 2.00. The normalized spacial score (nSPS) is 10.8. The van der Waals surface area contributed by atoms with Crippen LogP contribution in [0.3, 0.4) is 0 Å². The minimum Gasteiger partial charge on any atom is -0.339 e. The van der Waals surface area contributed by atoms with Gasteiger partial charge in [0.1, 0.15) is 5.69 Å². The number of nitrogens with zero attached hydrogens (tertiary/aromatic N) is 3. The molecule has 0 saturated heterocycles. The molecule has 0 spiro atoms. The third kappa shape index (κ3) is 2.63. The lowest BCUT2D eigenvalue weighted by Crippen LogP contribution is -2.04. The van der Waals surface area contributed by atoms with E-state index < -0.39 is 0 Å². The Hall–Kier alpha value is -2.69. The van der Waals surface area contributed by atoms with E-state index in [-0.39, 0.29) is 5.78 Å². The van der Waals surface area contributed by atoms with Gasteiger partial charge in [0.2, 0.25) is 0 Å². The highest BCUT2D eigenvalue weighted by Crippen LogP contribution is 2.19. The first-order valence-electron chi connectivity index (χ1n) is 6.74. The van der Waals surface area contributed by atoms with E-state index in [4.69, 9.17) is 0 Å². The second-order valence-corrected chi connectivity index (χ2v) is 5.19. The molecule has 2 heterocycles. The fraction of sp³-hybridized carbons (Fsp3) is 0.188. The maximum atomic E-state index is 11.6. The van der Waals surface area contributed by atoms with Crippen molar-refractivity contribution in [3.63, 3.8) is 0 Å². The van der Waals surface area contributed by atoms with Gasteiger partial charge in [0, 0.05) is 12.6 Å². The van der Waals surface area contributed by atoms with Crippen molar-refractivity contribution in [3.8, 4) is 0 Å². The highest BCUT2D eigenvalue weighted by atomic mass is 16.1. The van der Waals surface area contributed by atoms with E-state index in [0.29, 0.717) is 17.2 Å². The quantitative estimate of drug-likeness (QED) is 0.748. The Morgan fingerprint density at radius 1 is 1.14 bits per heavy atom. The summed E-state index contributed by atoms with van der Waals surface area (Å²) in [7, 11) is 0. The molecule has 0 fully saturated rings. The molecule has 0 saturated carbocycles. The zero-order valence-corrected chi connectivity index (χ0v) is 12.2. The highest BCUT2D eigenvalue weighted by molar-refractivity contribution is 5.92. The third-order valence-corrected chi connectivity index (χ3v) is 3.22. The molecule has 0 aliphatic heterocycles. The minimum atomic E-state index is -0.0569. The Morgan fingerprint density at radius 3 is 2.52 bits per heavy atom. The van der Waals surface area contributed by atoms with Crippen LogP contribution in [0.4, 0.5) is 11.5 Å². The van der Waals surface area contributed by atoms with Gasteiger partial charge in [-0.3, -0.25) is 4.79 Å². The van der Waals surface area contributed by atoms with Crippen molar-refractivity contribution in [1.29, 1.82) is 0 Å². The number of anilines is 2. The molecule has 5 nitrogen and oxygen atoms in total. The SMILES string of the molecule is CC(=O)c1cnc2ccc(Nc3cc(C)cc(C)c3)nn12. The van der Waals surface area contributed by atoms with Crippen LogP contribution in [0.5, 0.6) is 0 Å². The number of Topliss-reactive ketones (excluding diaryl/α,β-unsaturated/α-hetero) is 1. The van der Waals surface area contributed by atoms with Crippen LogP contribution in [-0.4, -0.2) is 20.4 Å². The summed E-state index contributed by atoms with van der Waals surface area (Å²) in [6.07, 6.45) is 1.55. The smallest absolute Gasteiger partial charge is 0.179 e. The predicted molar refractivity (Wildman–Crippen MR) is 82.2 cm³/mol. The number of fused-ring (bicyclic) bond motifs is 1.